The van der Waals surface area contributed by atoms with Crippen LogP contribution in [0.15, 0.2) is 36.4 Å². The minimum Gasteiger partial charge on any atom is -0.434 e. The van der Waals surface area contributed by atoms with Gasteiger partial charge in [0.25, 0.3) is 0 Å². The smallest absolute Gasteiger partial charge is 0.319 e. The fraction of sp³-hybridized carbons (Fsp3) is 0.500. The Morgan fingerprint density at radius 1 is 1.79 bits per heavy atom. The molecule has 0 saturated heterocycles. The Kier molecular flexibility index (Phi) is 4.21. The third kappa shape index (κ3) is 2.88. The van der Waals surface area contributed by atoms with E-state index in [0.717, 1.165) is 19.2 Å². The maximum absolute atomic E-state index is 5.40. The van der Waals surface area contributed by atoms with Crippen LogP contribution in [0.4, 0.5) is 0 Å². The molecule has 1 nitrogen and oxygen atoms in total. The van der Waals surface area contributed by atoms with Gasteiger partial charge in [-0.25, -0.2) is 0 Å². The lowest BCUT2D eigenvalue weighted by Gasteiger charge is -2.25. The largest absolute Gasteiger partial charge is 0.434 e. The molecule has 0 spiro atoms. The zero-order valence-electron chi connectivity index (χ0n) is 9.25. The predicted molar refractivity (Wildman–Crippen MR) is 63.4 cm³/mol. The van der Waals surface area contributed by atoms with E-state index in [4.69, 9.17) is 4.65 Å². The first-order valence-electron chi connectivity index (χ1n) is 5.17. The fourth-order valence-electron chi connectivity index (χ4n) is 1.98. The van der Waals surface area contributed by atoms with Gasteiger partial charge in [-0.15, -0.1) is 6.58 Å². The third-order valence-corrected chi connectivity index (χ3v) is 2.81. The Labute approximate surface area is 87.7 Å². The Morgan fingerprint density at radius 2 is 2.50 bits per heavy atom. The molecule has 0 bridgehead atoms. The molecular formula is C12H19BO. The van der Waals surface area contributed by atoms with Crippen molar-refractivity contribution in [1.29, 1.82) is 0 Å². The molecule has 1 unspecified atom stereocenters. The summed E-state index contributed by atoms with van der Waals surface area (Å²) in [6.07, 6.45) is 5.31. The summed E-state index contributed by atoms with van der Waals surface area (Å²) in [5, 5.41) is 0. The zero-order chi connectivity index (χ0) is 10.6. The molecule has 1 rings (SSSR count). The number of allylic oxidation sites excluding steroid dienone is 3. The monoisotopic (exact) mass is 190 g/mol. The second kappa shape index (κ2) is 5.21. The van der Waals surface area contributed by atoms with E-state index in [1.165, 1.54) is 11.1 Å². The average molecular weight is 190 g/mol. The molecule has 1 aliphatic rings. The summed E-state index contributed by atoms with van der Waals surface area (Å²) < 4.78 is 5.40. The van der Waals surface area contributed by atoms with Gasteiger partial charge < -0.3 is 4.65 Å². The highest BCUT2D eigenvalue weighted by Gasteiger charge is 2.24. The van der Waals surface area contributed by atoms with Crippen molar-refractivity contribution in [2.45, 2.75) is 26.1 Å². The Balaban J connectivity index is 2.71. The molecular weight excluding hydrogens is 171 g/mol. The van der Waals surface area contributed by atoms with E-state index in [1.807, 2.05) is 6.08 Å². The van der Waals surface area contributed by atoms with Gasteiger partial charge in [-0.05, 0) is 32.0 Å². The molecule has 0 aliphatic carbocycles. The molecule has 0 aromatic carbocycles. The molecule has 14 heavy (non-hydrogen) atoms. The van der Waals surface area contributed by atoms with Gasteiger partial charge in [-0.3, -0.25) is 0 Å². The molecule has 0 aromatic rings. The first-order valence-corrected chi connectivity index (χ1v) is 5.17. The van der Waals surface area contributed by atoms with Crippen molar-refractivity contribution in [3.63, 3.8) is 0 Å². The van der Waals surface area contributed by atoms with E-state index in [0.29, 0.717) is 5.92 Å². The number of hydrogen-bond acceptors (Lipinski definition) is 1. The molecule has 0 aromatic heterocycles. The first-order chi connectivity index (χ1) is 6.67. The molecule has 1 heterocycles. The highest BCUT2D eigenvalue weighted by atomic mass is 16.4. The van der Waals surface area contributed by atoms with Crippen molar-refractivity contribution < 1.29 is 4.65 Å². The number of rotatable bonds is 4. The topological polar surface area (TPSA) is 9.23 Å². The minimum atomic E-state index is 0.264. The van der Waals surface area contributed by atoms with Crippen LogP contribution in [0.5, 0.6) is 0 Å². The van der Waals surface area contributed by atoms with Gasteiger partial charge in [-0.2, -0.15) is 0 Å². The first kappa shape index (κ1) is 11.3. The quantitative estimate of drug-likeness (QED) is 0.488. The van der Waals surface area contributed by atoms with Crippen LogP contribution in [0.25, 0.3) is 0 Å². The fourth-order valence-corrected chi connectivity index (χ4v) is 1.98. The lowest BCUT2D eigenvalue weighted by Crippen LogP contribution is -2.23. The lowest BCUT2D eigenvalue weighted by atomic mass is 9.54. The highest BCUT2D eigenvalue weighted by Crippen LogP contribution is 2.30. The normalized spacial score (nSPS) is 21.7. The van der Waals surface area contributed by atoms with E-state index in [2.05, 4.69) is 26.1 Å². The number of hydrogen-bond donors (Lipinski definition) is 0. The maximum atomic E-state index is 5.40. The molecule has 2 heteroatoms. The van der Waals surface area contributed by atoms with E-state index in [1.54, 1.807) is 7.11 Å². The van der Waals surface area contributed by atoms with E-state index in [9.17, 15) is 0 Å². The van der Waals surface area contributed by atoms with Crippen molar-refractivity contribution in [1.82, 2.24) is 0 Å². The standard InChI is InChI=1S/C12H19BO/c1-5-6-11-7-12(10(2)3)9-13(8-11)14-4/h5,9,11H,1-2,6-8H2,3-4H3. The second-order valence-corrected chi connectivity index (χ2v) is 4.08. The predicted octanol–water partition coefficient (Wildman–Crippen LogP) is 3.26. The van der Waals surface area contributed by atoms with Gasteiger partial charge in [0.1, 0.15) is 0 Å². The van der Waals surface area contributed by atoms with E-state index < -0.39 is 0 Å². The van der Waals surface area contributed by atoms with Gasteiger partial charge in [0.05, 0.1) is 0 Å². The Bertz CT molecular complexity index is 255. The van der Waals surface area contributed by atoms with Gasteiger partial charge in [0.15, 0.2) is 0 Å². The average Bonchev–Trinajstić information content (AvgIpc) is 2.17. The molecule has 0 saturated carbocycles. The van der Waals surface area contributed by atoms with Gasteiger partial charge in [-0.1, -0.05) is 29.8 Å². The Hall–Kier alpha value is -0.755. The minimum absolute atomic E-state index is 0.264. The van der Waals surface area contributed by atoms with Gasteiger partial charge in [0, 0.05) is 7.11 Å². The van der Waals surface area contributed by atoms with Crippen LogP contribution >= 0.6 is 0 Å². The molecule has 1 aliphatic heterocycles. The summed E-state index contributed by atoms with van der Waals surface area (Å²) in [6, 6.07) is 0. The molecule has 0 amide bonds. The van der Waals surface area contributed by atoms with Crippen molar-refractivity contribution in [3.8, 4) is 0 Å². The van der Waals surface area contributed by atoms with Crippen LogP contribution in [0.1, 0.15) is 19.8 Å². The van der Waals surface area contributed by atoms with E-state index >= 15 is 0 Å². The van der Waals surface area contributed by atoms with Crippen LogP contribution < -0.4 is 0 Å². The van der Waals surface area contributed by atoms with Crippen LogP contribution in [0.2, 0.25) is 6.32 Å². The summed E-state index contributed by atoms with van der Waals surface area (Å²) in [4.78, 5) is 0. The summed E-state index contributed by atoms with van der Waals surface area (Å²) in [7, 11) is 1.77. The molecule has 0 N–H and O–H groups in total. The molecule has 0 fully saturated rings. The van der Waals surface area contributed by atoms with Crippen LogP contribution in [0, 0.1) is 5.92 Å². The molecule has 1 atom stereocenters. The van der Waals surface area contributed by atoms with Crippen molar-refractivity contribution in [2.75, 3.05) is 7.11 Å². The highest BCUT2D eigenvalue weighted by molar-refractivity contribution is 6.58. The summed E-state index contributed by atoms with van der Waals surface area (Å²) in [5.41, 5.74) is 2.52. The van der Waals surface area contributed by atoms with Gasteiger partial charge in [0.2, 0.25) is 0 Å². The van der Waals surface area contributed by atoms with Crippen LogP contribution in [0.3, 0.4) is 0 Å². The maximum Gasteiger partial charge on any atom is 0.319 e. The van der Waals surface area contributed by atoms with Crippen molar-refractivity contribution >= 4 is 6.92 Å². The van der Waals surface area contributed by atoms with Crippen LogP contribution in [-0.4, -0.2) is 14.0 Å². The third-order valence-electron chi connectivity index (χ3n) is 2.81. The lowest BCUT2D eigenvalue weighted by molar-refractivity contribution is 0.409. The zero-order valence-corrected chi connectivity index (χ0v) is 9.25. The van der Waals surface area contributed by atoms with Crippen molar-refractivity contribution in [3.05, 3.63) is 36.4 Å². The SMILES string of the molecule is C=CCC1CB(OC)C=C(C(=C)C)C1. The summed E-state index contributed by atoms with van der Waals surface area (Å²) >= 11 is 0. The molecule has 0 radical (unpaired) electrons. The molecule has 76 valence electrons. The van der Waals surface area contributed by atoms with Crippen molar-refractivity contribution in [2.24, 2.45) is 5.92 Å². The van der Waals surface area contributed by atoms with Crippen LogP contribution in [-0.2, 0) is 4.65 Å². The second-order valence-electron chi connectivity index (χ2n) is 4.08. The Morgan fingerprint density at radius 3 is 3.00 bits per heavy atom. The van der Waals surface area contributed by atoms with E-state index in [-0.39, 0.29) is 6.92 Å². The summed E-state index contributed by atoms with van der Waals surface area (Å²) in [5.74, 6) is 2.89. The van der Waals surface area contributed by atoms with Gasteiger partial charge >= 0.3 is 6.92 Å². The summed E-state index contributed by atoms with van der Waals surface area (Å²) in [6.45, 7) is 10.1.